The largest absolute Gasteiger partial charge is 0.480 e. The molecule has 0 aromatic heterocycles. The maximum Gasteiger partial charge on any atom is 0.406 e. The van der Waals surface area contributed by atoms with Crippen molar-refractivity contribution >= 4 is 12.0 Å². The van der Waals surface area contributed by atoms with Crippen molar-refractivity contribution in [2.24, 2.45) is 5.92 Å². The third kappa shape index (κ3) is 4.90. The molecule has 8 heteroatoms. The lowest BCUT2D eigenvalue weighted by atomic mass is 9.94. The van der Waals surface area contributed by atoms with Crippen LogP contribution in [0.3, 0.4) is 0 Å². The summed E-state index contributed by atoms with van der Waals surface area (Å²) in [6, 6.07) is -1.04. The third-order valence-electron chi connectivity index (χ3n) is 3.35. The Kier molecular flexibility index (Phi) is 5.24. The summed E-state index contributed by atoms with van der Waals surface area (Å²) in [6.07, 6.45) is -3.20. The Balaban J connectivity index is 2.79. The summed E-state index contributed by atoms with van der Waals surface area (Å²) in [5, 5.41) is 8.66. The molecule has 0 radical (unpaired) electrons. The number of halogens is 3. The number of nitrogens with zero attached hydrogens (tertiary/aromatic N) is 2. The summed E-state index contributed by atoms with van der Waals surface area (Å²) in [5.74, 6) is -1.05. The molecule has 1 aliphatic rings. The Labute approximate surface area is 115 Å². The number of carboxylic acid groups (broad SMARTS) is 1. The molecule has 0 aliphatic carbocycles. The van der Waals surface area contributed by atoms with Crippen molar-refractivity contribution < 1.29 is 27.9 Å². The van der Waals surface area contributed by atoms with E-state index in [9.17, 15) is 22.8 Å². The standard InChI is InChI=1S/C12H19F3N2O3/c1-8-3-4-17(9(2)5-8)11(20)16(6-10(18)19)7-12(13,14)15/h8-9H,3-7H2,1-2H3,(H,18,19). The van der Waals surface area contributed by atoms with Gasteiger partial charge < -0.3 is 14.9 Å². The van der Waals surface area contributed by atoms with E-state index in [1.165, 1.54) is 4.90 Å². The number of alkyl halides is 3. The zero-order valence-corrected chi connectivity index (χ0v) is 11.5. The van der Waals surface area contributed by atoms with E-state index in [4.69, 9.17) is 5.11 Å². The second-order valence-corrected chi connectivity index (χ2v) is 5.32. The predicted molar refractivity (Wildman–Crippen MR) is 65.2 cm³/mol. The SMILES string of the molecule is CC1CCN(C(=O)N(CC(=O)O)CC(F)(F)F)C(C)C1. The van der Waals surface area contributed by atoms with Crippen molar-refractivity contribution in [3.8, 4) is 0 Å². The number of rotatable bonds is 3. The van der Waals surface area contributed by atoms with E-state index in [1.54, 1.807) is 6.92 Å². The van der Waals surface area contributed by atoms with Crippen LogP contribution in [0.5, 0.6) is 0 Å². The smallest absolute Gasteiger partial charge is 0.406 e. The zero-order chi connectivity index (χ0) is 15.5. The van der Waals surface area contributed by atoms with Crippen LogP contribution in [-0.4, -0.2) is 58.8 Å². The molecule has 2 unspecified atom stereocenters. The number of hydrogen-bond acceptors (Lipinski definition) is 2. The molecule has 0 aromatic rings. The van der Waals surface area contributed by atoms with Gasteiger partial charge in [-0.3, -0.25) is 4.79 Å². The zero-order valence-electron chi connectivity index (χ0n) is 11.5. The van der Waals surface area contributed by atoms with E-state index < -0.39 is 31.3 Å². The molecule has 0 spiro atoms. The van der Waals surface area contributed by atoms with Crippen molar-refractivity contribution in [2.75, 3.05) is 19.6 Å². The van der Waals surface area contributed by atoms with E-state index >= 15 is 0 Å². The minimum atomic E-state index is -4.61. The van der Waals surface area contributed by atoms with Crippen LogP contribution < -0.4 is 0 Å². The molecule has 0 saturated carbocycles. The van der Waals surface area contributed by atoms with Crippen LogP contribution in [0.2, 0.25) is 0 Å². The number of aliphatic carboxylic acids is 1. The maximum absolute atomic E-state index is 12.4. The molecule has 116 valence electrons. The summed E-state index contributed by atoms with van der Waals surface area (Å²) in [7, 11) is 0. The Morgan fingerprint density at radius 1 is 1.35 bits per heavy atom. The van der Waals surface area contributed by atoms with Gasteiger partial charge in [-0.05, 0) is 25.7 Å². The van der Waals surface area contributed by atoms with Crippen molar-refractivity contribution in [3.63, 3.8) is 0 Å². The van der Waals surface area contributed by atoms with E-state index in [1.807, 2.05) is 6.92 Å². The van der Waals surface area contributed by atoms with Crippen LogP contribution in [0.1, 0.15) is 26.7 Å². The van der Waals surface area contributed by atoms with Crippen molar-refractivity contribution in [1.29, 1.82) is 0 Å². The van der Waals surface area contributed by atoms with Gasteiger partial charge in [0.2, 0.25) is 0 Å². The molecular formula is C12H19F3N2O3. The van der Waals surface area contributed by atoms with E-state index in [-0.39, 0.29) is 6.04 Å². The van der Waals surface area contributed by atoms with Crippen LogP contribution in [0.15, 0.2) is 0 Å². The molecule has 5 nitrogen and oxygen atoms in total. The minimum Gasteiger partial charge on any atom is -0.480 e. The lowest BCUT2D eigenvalue weighted by Gasteiger charge is -2.39. The number of amides is 2. The highest BCUT2D eigenvalue weighted by atomic mass is 19.4. The van der Waals surface area contributed by atoms with Crippen LogP contribution in [0.25, 0.3) is 0 Å². The number of carbonyl (C=O) groups is 2. The Bertz CT molecular complexity index is 373. The third-order valence-corrected chi connectivity index (χ3v) is 3.35. The quantitative estimate of drug-likeness (QED) is 0.868. The van der Waals surface area contributed by atoms with Crippen LogP contribution >= 0.6 is 0 Å². The highest BCUT2D eigenvalue weighted by Gasteiger charge is 2.37. The second kappa shape index (κ2) is 6.32. The van der Waals surface area contributed by atoms with E-state index in [2.05, 4.69) is 0 Å². The first-order valence-electron chi connectivity index (χ1n) is 6.44. The Morgan fingerprint density at radius 3 is 2.40 bits per heavy atom. The van der Waals surface area contributed by atoms with Gasteiger partial charge in [0.05, 0.1) is 0 Å². The summed E-state index contributed by atoms with van der Waals surface area (Å²) in [5.41, 5.74) is 0. The molecule has 1 fully saturated rings. The number of urea groups is 1. The van der Waals surface area contributed by atoms with E-state index in [0.717, 1.165) is 0 Å². The number of hydrogen-bond donors (Lipinski definition) is 1. The van der Waals surface area contributed by atoms with Gasteiger partial charge in [-0.15, -0.1) is 0 Å². The van der Waals surface area contributed by atoms with Crippen LogP contribution in [0, 0.1) is 5.92 Å². The summed E-state index contributed by atoms with van der Waals surface area (Å²) in [6.45, 7) is 1.65. The number of piperidine rings is 1. The van der Waals surface area contributed by atoms with Crippen molar-refractivity contribution in [3.05, 3.63) is 0 Å². The monoisotopic (exact) mass is 296 g/mol. The number of carboxylic acids is 1. The molecule has 1 heterocycles. The van der Waals surface area contributed by atoms with Crippen LogP contribution in [-0.2, 0) is 4.79 Å². The average Bonchev–Trinajstić information content (AvgIpc) is 2.24. The lowest BCUT2D eigenvalue weighted by molar-refractivity contribution is -0.150. The first-order valence-corrected chi connectivity index (χ1v) is 6.44. The molecule has 20 heavy (non-hydrogen) atoms. The van der Waals surface area contributed by atoms with Gasteiger partial charge in [-0.2, -0.15) is 13.2 Å². The van der Waals surface area contributed by atoms with Crippen LogP contribution in [0.4, 0.5) is 18.0 Å². The van der Waals surface area contributed by atoms with E-state index in [0.29, 0.717) is 30.2 Å². The molecule has 1 rings (SSSR count). The molecule has 0 aromatic carbocycles. The van der Waals surface area contributed by atoms with Gasteiger partial charge >= 0.3 is 18.2 Å². The predicted octanol–water partition coefficient (Wildman–Crippen LogP) is 2.18. The average molecular weight is 296 g/mol. The highest BCUT2D eigenvalue weighted by molar-refractivity contribution is 5.80. The Hall–Kier alpha value is -1.47. The fraction of sp³-hybridized carbons (Fsp3) is 0.833. The summed E-state index contributed by atoms with van der Waals surface area (Å²) < 4.78 is 37.3. The van der Waals surface area contributed by atoms with Gasteiger partial charge in [0, 0.05) is 12.6 Å². The lowest BCUT2D eigenvalue weighted by Crippen LogP contribution is -2.53. The highest BCUT2D eigenvalue weighted by Crippen LogP contribution is 2.24. The van der Waals surface area contributed by atoms with Crippen molar-refractivity contribution in [2.45, 2.75) is 38.9 Å². The van der Waals surface area contributed by atoms with Gasteiger partial charge in [-0.1, -0.05) is 6.92 Å². The fourth-order valence-electron chi connectivity index (χ4n) is 2.44. The number of likely N-dealkylation sites (tertiary alicyclic amines) is 1. The minimum absolute atomic E-state index is 0.184. The van der Waals surface area contributed by atoms with Gasteiger partial charge in [0.1, 0.15) is 13.1 Å². The summed E-state index contributed by atoms with van der Waals surface area (Å²) in [4.78, 5) is 24.4. The first-order chi connectivity index (χ1) is 9.10. The topological polar surface area (TPSA) is 60.9 Å². The van der Waals surface area contributed by atoms with Gasteiger partial charge in [-0.25, -0.2) is 4.79 Å². The molecule has 1 saturated heterocycles. The molecule has 1 N–H and O–H groups in total. The Morgan fingerprint density at radius 2 is 1.95 bits per heavy atom. The number of carbonyl (C=O) groups excluding carboxylic acids is 1. The second-order valence-electron chi connectivity index (χ2n) is 5.32. The van der Waals surface area contributed by atoms with Gasteiger partial charge in [0.25, 0.3) is 0 Å². The molecule has 2 atom stereocenters. The summed E-state index contributed by atoms with van der Waals surface area (Å²) >= 11 is 0. The molecule has 1 aliphatic heterocycles. The fourth-order valence-corrected chi connectivity index (χ4v) is 2.44. The molecular weight excluding hydrogens is 277 g/mol. The maximum atomic E-state index is 12.4. The normalized spacial score (nSPS) is 23.6. The van der Waals surface area contributed by atoms with Gasteiger partial charge in [0.15, 0.2) is 0 Å². The first kappa shape index (κ1) is 16.6. The molecule has 0 bridgehead atoms. The van der Waals surface area contributed by atoms with Crippen molar-refractivity contribution in [1.82, 2.24) is 9.80 Å². The molecule has 2 amide bonds.